The van der Waals surface area contributed by atoms with Crippen LogP contribution in [0.15, 0.2) is 53.4 Å². The Balaban J connectivity index is 1.54. The molecule has 0 atom stereocenters. The summed E-state index contributed by atoms with van der Waals surface area (Å²) in [5.41, 5.74) is 1.50. The normalized spacial score (nSPS) is 11.6. The Morgan fingerprint density at radius 3 is 2.56 bits per heavy atom. The predicted molar refractivity (Wildman–Crippen MR) is 90.9 cm³/mol. The maximum absolute atomic E-state index is 12.8. The second kappa shape index (κ2) is 6.99. The second-order valence-electron chi connectivity index (χ2n) is 5.25. The number of carbonyl (C=O) groups is 1. The van der Waals surface area contributed by atoms with Crippen molar-refractivity contribution in [3.63, 3.8) is 0 Å². The molecular weight excluding hydrogens is 347 g/mol. The summed E-state index contributed by atoms with van der Waals surface area (Å²) in [7, 11) is -3.79. The van der Waals surface area contributed by atoms with Crippen molar-refractivity contribution >= 4 is 32.9 Å². The molecule has 1 heterocycles. The van der Waals surface area contributed by atoms with E-state index in [-0.39, 0.29) is 23.8 Å². The topological polar surface area (TPSA) is 104 Å². The van der Waals surface area contributed by atoms with E-state index in [9.17, 15) is 17.6 Å². The molecule has 25 heavy (non-hydrogen) atoms. The monoisotopic (exact) mass is 362 g/mol. The molecule has 3 N–H and O–H groups in total. The molecule has 2 aromatic carbocycles. The molecule has 0 bridgehead atoms. The van der Waals surface area contributed by atoms with E-state index in [0.717, 1.165) is 35.3 Å². The van der Waals surface area contributed by atoms with Gasteiger partial charge in [0, 0.05) is 13.0 Å². The van der Waals surface area contributed by atoms with Gasteiger partial charge in [-0.25, -0.2) is 22.5 Å². The minimum Gasteiger partial charge on any atom is -0.324 e. The SMILES string of the molecule is O=C(CCNS(=O)(=O)c1ccc(F)cc1)Nc1nc2ccccc2[nH]1. The van der Waals surface area contributed by atoms with Gasteiger partial charge in [-0.2, -0.15) is 0 Å². The van der Waals surface area contributed by atoms with Gasteiger partial charge >= 0.3 is 0 Å². The van der Waals surface area contributed by atoms with Crippen molar-refractivity contribution in [2.45, 2.75) is 11.3 Å². The van der Waals surface area contributed by atoms with Crippen LogP contribution in [0.3, 0.4) is 0 Å². The van der Waals surface area contributed by atoms with Gasteiger partial charge in [0.25, 0.3) is 0 Å². The molecule has 0 fully saturated rings. The molecular formula is C16H15FN4O3S. The zero-order valence-electron chi connectivity index (χ0n) is 13.0. The number of halogens is 1. The number of imidazole rings is 1. The predicted octanol–water partition coefficient (Wildman–Crippen LogP) is 2.01. The van der Waals surface area contributed by atoms with Crippen LogP contribution in [-0.4, -0.2) is 30.8 Å². The lowest BCUT2D eigenvalue weighted by Gasteiger charge is -2.06. The van der Waals surface area contributed by atoms with Gasteiger partial charge in [0.15, 0.2) is 0 Å². The summed E-state index contributed by atoms with van der Waals surface area (Å²) in [6.45, 7) is -0.0915. The number of nitrogens with one attached hydrogen (secondary N) is 3. The number of para-hydroxylation sites is 2. The Morgan fingerprint density at radius 2 is 1.84 bits per heavy atom. The number of rotatable bonds is 6. The van der Waals surface area contributed by atoms with Crippen molar-refractivity contribution in [1.82, 2.24) is 14.7 Å². The van der Waals surface area contributed by atoms with Gasteiger partial charge in [0.1, 0.15) is 5.82 Å². The lowest BCUT2D eigenvalue weighted by molar-refractivity contribution is -0.116. The van der Waals surface area contributed by atoms with Crippen LogP contribution in [0, 0.1) is 5.82 Å². The fourth-order valence-electron chi connectivity index (χ4n) is 2.20. The summed E-state index contributed by atoms with van der Waals surface area (Å²) < 4.78 is 39.2. The van der Waals surface area contributed by atoms with E-state index >= 15 is 0 Å². The molecule has 0 unspecified atom stereocenters. The summed E-state index contributed by atoms with van der Waals surface area (Å²) in [5.74, 6) is -0.613. The number of nitrogens with zero attached hydrogens (tertiary/aromatic N) is 1. The molecule has 7 nitrogen and oxygen atoms in total. The van der Waals surface area contributed by atoms with Crippen molar-refractivity contribution in [2.24, 2.45) is 0 Å². The molecule has 0 radical (unpaired) electrons. The third-order valence-electron chi connectivity index (χ3n) is 3.42. The smallest absolute Gasteiger partial charge is 0.240 e. The van der Waals surface area contributed by atoms with Crippen molar-refractivity contribution in [1.29, 1.82) is 0 Å². The summed E-state index contributed by atoms with van der Waals surface area (Å²) in [6.07, 6.45) is -0.0720. The molecule has 0 aliphatic rings. The van der Waals surface area contributed by atoms with Gasteiger partial charge in [0.2, 0.25) is 21.9 Å². The number of aromatic nitrogens is 2. The lowest BCUT2D eigenvalue weighted by atomic mass is 10.3. The van der Waals surface area contributed by atoms with E-state index in [0.29, 0.717) is 5.95 Å². The van der Waals surface area contributed by atoms with Crippen LogP contribution in [0.25, 0.3) is 11.0 Å². The number of H-pyrrole nitrogens is 1. The third-order valence-corrected chi connectivity index (χ3v) is 4.89. The van der Waals surface area contributed by atoms with Gasteiger partial charge in [-0.05, 0) is 36.4 Å². The highest BCUT2D eigenvalue weighted by molar-refractivity contribution is 7.89. The largest absolute Gasteiger partial charge is 0.324 e. The summed E-state index contributed by atoms with van der Waals surface area (Å²) in [5, 5.41) is 2.57. The minimum atomic E-state index is -3.79. The van der Waals surface area contributed by atoms with Gasteiger partial charge in [-0.3, -0.25) is 10.1 Å². The van der Waals surface area contributed by atoms with Gasteiger partial charge in [0.05, 0.1) is 15.9 Å². The number of hydrogen-bond donors (Lipinski definition) is 3. The standard InChI is InChI=1S/C16H15FN4O3S/c17-11-5-7-12(8-6-11)25(23,24)18-10-9-15(22)21-16-19-13-3-1-2-4-14(13)20-16/h1-8,18H,9-10H2,(H2,19,20,21,22). The fraction of sp³-hybridized carbons (Fsp3) is 0.125. The number of benzene rings is 2. The average molecular weight is 362 g/mol. The molecule has 1 aromatic heterocycles. The molecule has 3 rings (SSSR count). The number of carbonyl (C=O) groups excluding carboxylic acids is 1. The van der Waals surface area contributed by atoms with E-state index in [1.165, 1.54) is 0 Å². The Labute approximate surface area is 143 Å². The lowest BCUT2D eigenvalue weighted by Crippen LogP contribution is -2.28. The molecule has 1 amide bonds. The average Bonchev–Trinajstić information content (AvgIpc) is 2.97. The highest BCUT2D eigenvalue weighted by atomic mass is 32.2. The van der Waals surface area contributed by atoms with E-state index in [1.54, 1.807) is 6.07 Å². The van der Waals surface area contributed by atoms with Crippen LogP contribution in [0.5, 0.6) is 0 Å². The molecule has 0 aliphatic carbocycles. The van der Waals surface area contributed by atoms with E-state index in [2.05, 4.69) is 20.0 Å². The number of sulfonamides is 1. The number of fused-ring (bicyclic) bond motifs is 1. The summed E-state index contributed by atoms with van der Waals surface area (Å²) in [6, 6.07) is 11.7. The van der Waals surface area contributed by atoms with E-state index in [4.69, 9.17) is 0 Å². The first-order valence-corrected chi connectivity index (χ1v) is 8.92. The van der Waals surface area contributed by atoms with Crippen molar-refractivity contribution < 1.29 is 17.6 Å². The van der Waals surface area contributed by atoms with Gasteiger partial charge < -0.3 is 4.98 Å². The number of hydrogen-bond acceptors (Lipinski definition) is 4. The molecule has 0 aliphatic heterocycles. The Hall–Kier alpha value is -2.78. The molecule has 9 heteroatoms. The second-order valence-corrected chi connectivity index (χ2v) is 7.02. The molecule has 3 aromatic rings. The Bertz CT molecular complexity index is 967. The van der Waals surface area contributed by atoms with Crippen LogP contribution in [0.2, 0.25) is 0 Å². The third kappa shape index (κ3) is 4.20. The van der Waals surface area contributed by atoms with Crippen LogP contribution >= 0.6 is 0 Å². The first kappa shape index (κ1) is 17.1. The maximum atomic E-state index is 12.8. The highest BCUT2D eigenvalue weighted by Gasteiger charge is 2.14. The Kier molecular flexibility index (Phi) is 4.77. The van der Waals surface area contributed by atoms with Crippen LogP contribution < -0.4 is 10.0 Å². The molecule has 0 spiro atoms. The van der Waals surface area contributed by atoms with Crippen molar-refractivity contribution in [3.8, 4) is 0 Å². The number of amides is 1. The summed E-state index contributed by atoms with van der Waals surface area (Å²) >= 11 is 0. The van der Waals surface area contributed by atoms with Crippen molar-refractivity contribution in [2.75, 3.05) is 11.9 Å². The van der Waals surface area contributed by atoms with Crippen LogP contribution in [0.4, 0.5) is 10.3 Å². The quantitative estimate of drug-likeness (QED) is 0.624. The first-order valence-electron chi connectivity index (χ1n) is 7.44. The van der Waals surface area contributed by atoms with E-state index < -0.39 is 15.8 Å². The number of aromatic amines is 1. The number of anilines is 1. The zero-order valence-corrected chi connectivity index (χ0v) is 13.8. The van der Waals surface area contributed by atoms with Crippen LogP contribution in [-0.2, 0) is 14.8 Å². The first-order chi connectivity index (χ1) is 11.9. The highest BCUT2D eigenvalue weighted by Crippen LogP contribution is 2.13. The summed E-state index contributed by atoms with van der Waals surface area (Å²) in [4.78, 5) is 19.0. The molecule has 130 valence electrons. The van der Waals surface area contributed by atoms with Crippen molar-refractivity contribution in [3.05, 3.63) is 54.3 Å². The maximum Gasteiger partial charge on any atom is 0.240 e. The minimum absolute atomic E-state index is 0.0633. The van der Waals surface area contributed by atoms with Gasteiger partial charge in [-0.1, -0.05) is 12.1 Å². The van der Waals surface area contributed by atoms with Gasteiger partial charge in [-0.15, -0.1) is 0 Å². The Morgan fingerprint density at radius 1 is 1.12 bits per heavy atom. The molecule has 0 saturated carbocycles. The fourth-order valence-corrected chi connectivity index (χ4v) is 3.23. The van der Waals surface area contributed by atoms with E-state index in [1.807, 2.05) is 18.2 Å². The molecule has 0 saturated heterocycles. The van der Waals surface area contributed by atoms with Crippen LogP contribution in [0.1, 0.15) is 6.42 Å². The zero-order chi connectivity index (χ0) is 17.9.